The molecule has 0 radical (unpaired) electrons. The Bertz CT molecular complexity index is 492. The Labute approximate surface area is 119 Å². The Morgan fingerprint density at radius 2 is 2.17 bits per heavy atom. The summed E-state index contributed by atoms with van der Waals surface area (Å²) >= 11 is 5.20. The van der Waals surface area contributed by atoms with Crippen molar-refractivity contribution in [2.75, 3.05) is 11.9 Å². The number of nitrogens with one attached hydrogen (secondary N) is 1. The second-order valence-corrected chi connectivity index (χ2v) is 7.58. The smallest absolute Gasteiger partial charge is 0.206 e. The largest absolute Gasteiger partial charge is 0.360 e. The summed E-state index contributed by atoms with van der Waals surface area (Å²) in [5.41, 5.74) is 0. The van der Waals surface area contributed by atoms with Crippen LogP contribution in [0.1, 0.15) is 25.8 Å². The van der Waals surface area contributed by atoms with Gasteiger partial charge >= 0.3 is 0 Å². The second-order valence-electron chi connectivity index (χ2n) is 3.92. The molecule has 1 N–H and O–H groups in total. The summed E-state index contributed by atoms with van der Waals surface area (Å²) in [7, 11) is 0. The molecule has 0 aliphatic heterocycles. The fourth-order valence-corrected chi connectivity index (χ4v) is 3.81. The average Bonchev–Trinajstić information content (AvgIpc) is 2.94. The van der Waals surface area contributed by atoms with Gasteiger partial charge in [0.25, 0.3) is 0 Å². The summed E-state index contributed by atoms with van der Waals surface area (Å²) in [5.74, 6) is 0.973. The lowest BCUT2D eigenvalue weighted by Gasteiger charge is -2.00. The molecule has 0 fully saturated rings. The third kappa shape index (κ3) is 3.66. The van der Waals surface area contributed by atoms with Crippen molar-refractivity contribution in [3.63, 3.8) is 0 Å². The van der Waals surface area contributed by atoms with Crippen LogP contribution >= 0.6 is 34.4 Å². The van der Waals surface area contributed by atoms with Crippen molar-refractivity contribution in [3.05, 3.63) is 11.2 Å². The summed E-state index contributed by atoms with van der Waals surface area (Å²) in [6, 6.07) is 0. The Morgan fingerprint density at radius 1 is 1.33 bits per heavy atom. The number of nitrogens with zero attached hydrogens (tertiary/aromatic N) is 3. The van der Waals surface area contributed by atoms with Crippen LogP contribution in [0.4, 0.5) is 5.13 Å². The molecule has 0 atom stereocenters. The Hall–Kier alpha value is -0.660. The number of anilines is 1. The van der Waals surface area contributed by atoms with Crippen molar-refractivity contribution >= 4 is 39.6 Å². The average molecular weight is 300 g/mol. The lowest BCUT2D eigenvalue weighted by Crippen LogP contribution is -1.94. The molecule has 0 saturated carbocycles. The van der Waals surface area contributed by atoms with E-state index >= 15 is 0 Å². The van der Waals surface area contributed by atoms with E-state index in [-0.39, 0.29) is 0 Å². The molecule has 0 aliphatic rings. The van der Waals surface area contributed by atoms with E-state index in [0.29, 0.717) is 5.25 Å². The molecule has 7 heteroatoms. The van der Waals surface area contributed by atoms with Crippen molar-refractivity contribution in [1.82, 2.24) is 15.2 Å². The van der Waals surface area contributed by atoms with Gasteiger partial charge in [-0.1, -0.05) is 25.2 Å². The van der Waals surface area contributed by atoms with Crippen molar-refractivity contribution in [2.24, 2.45) is 0 Å². The SMILES string of the molecule is CCNc1nnc(-c2cnc(CSC(C)C)s2)s1. The zero-order valence-electron chi connectivity index (χ0n) is 10.6. The molecule has 2 heterocycles. The Kier molecular flexibility index (Phi) is 4.96. The predicted molar refractivity (Wildman–Crippen MR) is 81.6 cm³/mol. The van der Waals surface area contributed by atoms with Gasteiger partial charge in [-0.25, -0.2) is 4.98 Å². The molecule has 2 aromatic rings. The molecule has 0 aromatic carbocycles. The van der Waals surface area contributed by atoms with Crippen LogP contribution in [0.3, 0.4) is 0 Å². The quantitative estimate of drug-likeness (QED) is 0.881. The van der Waals surface area contributed by atoms with Crippen LogP contribution in [0.5, 0.6) is 0 Å². The van der Waals surface area contributed by atoms with Crippen molar-refractivity contribution < 1.29 is 0 Å². The van der Waals surface area contributed by atoms with Gasteiger partial charge in [0.1, 0.15) is 5.01 Å². The molecule has 4 nitrogen and oxygen atoms in total. The molecule has 0 unspecified atom stereocenters. The van der Waals surface area contributed by atoms with E-state index in [0.717, 1.165) is 32.3 Å². The molecule has 0 bridgehead atoms. The topological polar surface area (TPSA) is 50.7 Å². The summed E-state index contributed by atoms with van der Waals surface area (Å²) in [4.78, 5) is 5.54. The first-order chi connectivity index (χ1) is 8.69. The van der Waals surface area contributed by atoms with Crippen molar-refractivity contribution in [2.45, 2.75) is 31.8 Å². The van der Waals surface area contributed by atoms with Crippen molar-refractivity contribution in [3.8, 4) is 9.88 Å². The van der Waals surface area contributed by atoms with Crippen molar-refractivity contribution in [1.29, 1.82) is 0 Å². The highest BCUT2D eigenvalue weighted by molar-refractivity contribution is 7.99. The Morgan fingerprint density at radius 3 is 2.89 bits per heavy atom. The van der Waals surface area contributed by atoms with E-state index in [1.54, 1.807) is 22.7 Å². The van der Waals surface area contributed by atoms with Crippen LogP contribution in [0, 0.1) is 0 Å². The molecule has 18 heavy (non-hydrogen) atoms. The van der Waals surface area contributed by atoms with Gasteiger partial charge in [0.05, 0.1) is 4.88 Å². The molecule has 0 spiro atoms. The number of thioether (sulfide) groups is 1. The molecular weight excluding hydrogens is 284 g/mol. The van der Waals surface area contributed by atoms with Gasteiger partial charge in [0.2, 0.25) is 5.13 Å². The highest BCUT2D eigenvalue weighted by Crippen LogP contribution is 2.32. The normalized spacial score (nSPS) is 11.1. The van der Waals surface area contributed by atoms with Gasteiger partial charge in [0.15, 0.2) is 5.01 Å². The van der Waals surface area contributed by atoms with Crippen LogP contribution < -0.4 is 5.32 Å². The van der Waals surface area contributed by atoms with Gasteiger partial charge < -0.3 is 5.32 Å². The maximum atomic E-state index is 4.44. The summed E-state index contributed by atoms with van der Waals surface area (Å²) in [6.07, 6.45) is 1.90. The van der Waals surface area contributed by atoms with Gasteiger partial charge in [-0.15, -0.1) is 21.5 Å². The number of hydrogen-bond donors (Lipinski definition) is 1. The fraction of sp³-hybridized carbons (Fsp3) is 0.545. The van der Waals surface area contributed by atoms with Crippen LogP contribution in [-0.2, 0) is 5.75 Å². The Balaban J connectivity index is 2.04. The van der Waals surface area contributed by atoms with Crippen LogP contribution in [-0.4, -0.2) is 27.0 Å². The maximum absolute atomic E-state index is 4.44. The lowest BCUT2D eigenvalue weighted by molar-refractivity contribution is 1.07. The van der Waals surface area contributed by atoms with Gasteiger partial charge in [-0.05, 0) is 12.2 Å². The first-order valence-electron chi connectivity index (χ1n) is 5.83. The zero-order valence-corrected chi connectivity index (χ0v) is 13.1. The zero-order chi connectivity index (χ0) is 13.0. The number of aromatic nitrogens is 3. The minimum Gasteiger partial charge on any atom is -0.360 e. The van der Waals surface area contributed by atoms with Crippen LogP contribution in [0.25, 0.3) is 9.88 Å². The fourth-order valence-electron chi connectivity index (χ4n) is 1.26. The van der Waals surface area contributed by atoms with Crippen LogP contribution in [0.2, 0.25) is 0 Å². The highest BCUT2D eigenvalue weighted by atomic mass is 32.2. The third-order valence-corrected chi connectivity index (χ3v) is 5.39. The second kappa shape index (κ2) is 6.49. The molecule has 0 amide bonds. The molecule has 98 valence electrons. The predicted octanol–water partition coefficient (Wildman–Crippen LogP) is 3.74. The monoisotopic (exact) mass is 300 g/mol. The summed E-state index contributed by atoms with van der Waals surface area (Å²) in [5, 5.41) is 15.1. The number of hydrogen-bond acceptors (Lipinski definition) is 7. The van der Waals surface area contributed by atoms with E-state index in [1.165, 1.54) is 0 Å². The first kappa shape index (κ1) is 13.8. The van der Waals surface area contributed by atoms with Gasteiger partial charge in [-0.3, -0.25) is 0 Å². The molecule has 0 aliphatic carbocycles. The molecule has 2 aromatic heterocycles. The van der Waals surface area contributed by atoms with E-state index in [2.05, 4.69) is 41.3 Å². The minimum atomic E-state index is 0.638. The standard InChI is InChI=1S/C11H16N4S3/c1-4-12-11-15-14-10(18-11)8-5-13-9(17-8)6-16-7(2)3/h5,7H,4,6H2,1-3H3,(H,12,15). The van der Waals surface area contributed by atoms with Gasteiger partial charge in [-0.2, -0.15) is 11.8 Å². The van der Waals surface area contributed by atoms with Gasteiger partial charge in [0, 0.05) is 18.5 Å². The molecular formula is C11H16N4S3. The summed E-state index contributed by atoms with van der Waals surface area (Å²) < 4.78 is 0. The first-order valence-corrected chi connectivity index (χ1v) is 8.51. The molecule has 2 rings (SSSR count). The van der Waals surface area contributed by atoms with E-state index in [1.807, 2.05) is 18.0 Å². The van der Waals surface area contributed by atoms with E-state index in [4.69, 9.17) is 0 Å². The number of thiazole rings is 1. The number of rotatable bonds is 6. The maximum Gasteiger partial charge on any atom is 0.206 e. The van der Waals surface area contributed by atoms with Crippen LogP contribution in [0.15, 0.2) is 6.20 Å². The highest BCUT2D eigenvalue weighted by Gasteiger charge is 2.10. The van der Waals surface area contributed by atoms with E-state index < -0.39 is 0 Å². The third-order valence-electron chi connectivity index (χ3n) is 2.06. The molecule has 0 saturated heterocycles. The van der Waals surface area contributed by atoms with E-state index in [9.17, 15) is 0 Å². The lowest BCUT2D eigenvalue weighted by atomic mass is 10.6. The summed E-state index contributed by atoms with van der Waals surface area (Å²) in [6.45, 7) is 7.32. The minimum absolute atomic E-state index is 0.638.